The fourth-order valence-corrected chi connectivity index (χ4v) is 0.856. The summed E-state index contributed by atoms with van der Waals surface area (Å²) in [5, 5.41) is 0. The molecule has 0 amide bonds. The summed E-state index contributed by atoms with van der Waals surface area (Å²) in [6.07, 6.45) is 16.8. The van der Waals surface area contributed by atoms with Crippen LogP contribution >= 0.6 is 19.4 Å². The van der Waals surface area contributed by atoms with E-state index in [9.17, 15) is 0 Å². The van der Waals surface area contributed by atoms with Gasteiger partial charge >= 0.3 is 34.5 Å². The summed E-state index contributed by atoms with van der Waals surface area (Å²) in [7, 11) is 9.71. The monoisotopic (exact) mass is 334 g/mol. The van der Waals surface area contributed by atoms with Crippen molar-refractivity contribution >= 4 is 19.4 Å². The van der Waals surface area contributed by atoms with E-state index in [1.807, 2.05) is 12.2 Å². The van der Waals surface area contributed by atoms with E-state index in [0.29, 0.717) is 0 Å². The molecule has 0 nitrogen and oxygen atoms in total. The molecular formula is C12H18Cl2Ru. The Morgan fingerprint density at radius 1 is 0.933 bits per heavy atom. The predicted molar refractivity (Wildman–Crippen MR) is 68.3 cm³/mol. The third-order valence-electron chi connectivity index (χ3n) is 1.50. The molecule has 0 spiro atoms. The summed E-state index contributed by atoms with van der Waals surface area (Å²) in [5.41, 5.74) is 0. The van der Waals surface area contributed by atoms with Crippen LogP contribution in [0.1, 0.15) is 25.7 Å². The van der Waals surface area contributed by atoms with Gasteiger partial charge in [-0.1, -0.05) is 25.0 Å². The maximum absolute atomic E-state index is 4.85. The van der Waals surface area contributed by atoms with Gasteiger partial charge in [0.15, 0.2) is 0 Å². The molecule has 88 valence electrons. The van der Waals surface area contributed by atoms with Gasteiger partial charge in [0.05, 0.1) is 0 Å². The molecule has 3 heteroatoms. The van der Waals surface area contributed by atoms with Crippen LogP contribution in [0.4, 0.5) is 0 Å². The first kappa shape index (κ1) is 17.6. The van der Waals surface area contributed by atoms with E-state index in [2.05, 4.69) is 38.2 Å². The van der Waals surface area contributed by atoms with Crippen LogP contribution < -0.4 is 0 Å². The molecule has 0 saturated carbocycles. The van der Waals surface area contributed by atoms with E-state index >= 15 is 0 Å². The number of hydrogen-bond donors (Lipinski definition) is 0. The molecule has 0 rings (SSSR count). The van der Waals surface area contributed by atoms with Gasteiger partial charge in [-0.2, -0.15) is 0 Å². The Morgan fingerprint density at radius 3 is 1.53 bits per heavy atom. The SMILES string of the molecule is C=C[CH-]CCC=CCC[CH-]C=C.[Cl][Ru+2][Cl]. The first-order valence-electron chi connectivity index (χ1n) is 4.72. The first-order valence-corrected chi connectivity index (χ1v) is 9.19. The third-order valence-corrected chi connectivity index (χ3v) is 1.50. The molecule has 0 radical (unpaired) electrons. The molecule has 0 N–H and O–H groups in total. The van der Waals surface area contributed by atoms with E-state index in [-0.39, 0.29) is 15.1 Å². The molecule has 0 aliphatic carbocycles. The fourth-order valence-electron chi connectivity index (χ4n) is 0.856. The zero-order chi connectivity index (χ0) is 11.8. The fraction of sp³-hybridized carbons (Fsp3) is 0.333. The summed E-state index contributed by atoms with van der Waals surface area (Å²) in [6, 6.07) is 0. The van der Waals surface area contributed by atoms with Gasteiger partial charge in [0.2, 0.25) is 0 Å². The minimum atomic E-state index is -0.346. The van der Waals surface area contributed by atoms with Crippen LogP contribution in [0, 0.1) is 12.8 Å². The molecule has 0 aromatic heterocycles. The van der Waals surface area contributed by atoms with Crippen LogP contribution in [0.15, 0.2) is 37.5 Å². The van der Waals surface area contributed by atoms with Crippen LogP contribution in [-0.2, 0) is 15.1 Å². The van der Waals surface area contributed by atoms with Crippen LogP contribution in [0.5, 0.6) is 0 Å². The first-order chi connectivity index (χ1) is 7.33. The second kappa shape index (κ2) is 19.7. The van der Waals surface area contributed by atoms with Crippen molar-refractivity contribution in [3.8, 4) is 0 Å². The van der Waals surface area contributed by atoms with Gasteiger partial charge in [-0.3, -0.25) is 0 Å². The molecule has 0 unspecified atom stereocenters. The predicted octanol–water partition coefficient (Wildman–Crippen LogP) is 5.26. The van der Waals surface area contributed by atoms with Crippen molar-refractivity contribution in [3.05, 3.63) is 50.3 Å². The second-order valence-electron chi connectivity index (χ2n) is 2.62. The second-order valence-corrected chi connectivity index (χ2v) is 5.26. The number of rotatable bonds is 8. The Balaban J connectivity index is 0. The van der Waals surface area contributed by atoms with E-state index in [4.69, 9.17) is 19.4 Å². The van der Waals surface area contributed by atoms with E-state index in [1.54, 1.807) is 0 Å². The summed E-state index contributed by atoms with van der Waals surface area (Å²) in [4.78, 5) is 0. The average molecular weight is 334 g/mol. The molecule has 0 aliphatic rings. The Morgan fingerprint density at radius 2 is 1.27 bits per heavy atom. The molecule has 0 bridgehead atoms. The quantitative estimate of drug-likeness (QED) is 0.246. The zero-order valence-corrected chi connectivity index (χ0v) is 12.1. The van der Waals surface area contributed by atoms with E-state index < -0.39 is 0 Å². The molecule has 0 aliphatic heterocycles. The molecule has 0 aromatic carbocycles. The van der Waals surface area contributed by atoms with Crippen molar-refractivity contribution < 1.29 is 15.1 Å². The number of unbranched alkanes of at least 4 members (excludes halogenated alkanes) is 4. The summed E-state index contributed by atoms with van der Waals surface area (Å²) in [6.45, 7) is 7.25. The Kier molecular flexibility index (Phi) is 23.0. The van der Waals surface area contributed by atoms with Crippen LogP contribution in [0.3, 0.4) is 0 Å². The summed E-state index contributed by atoms with van der Waals surface area (Å²) < 4.78 is 0. The van der Waals surface area contributed by atoms with Gasteiger partial charge in [0.1, 0.15) is 0 Å². The van der Waals surface area contributed by atoms with Gasteiger partial charge in [-0.05, 0) is 12.8 Å². The van der Waals surface area contributed by atoms with Gasteiger partial charge in [-0.15, -0.1) is 0 Å². The van der Waals surface area contributed by atoms with Crippen molar-refractivity contribution in [2.24, 2.45) is 0 Å². The van der Waals surface area contributed by atoms with Crippen LogP contribution in [-0.4, -0.2) is 0 Å². The van der Waals surface area contributed by atoms with E-state index in [1.165, 1.54) is 0 Å². The Bertz CT molecular complexity index is 140. The van der Waals surface area contributed by atoms with Gasteiger partial charge < -0.3 is 0 Å². The van der Waals surface area contributed by atoms with Crippen molar-refractivity contribution in [2.45, 2.75) is 25.7 Å². The Hall–Kier alpha value is 0.163. The standard InChI is InChI=1S/C12H18.2ClH.Ru/c1-3-5-7-9-11-12-10-8-6-4-2;;;/h3-6,11-12H,1-2,7-10H2;2*1H;/q-2;;;+4/p-2. The molecular weight excluding hydrogens is 316 g/mol. The van der Waals surface area contributed by atoms with Crippen molar-refractivity contribution in [3.63, 3.8) is 0 Å². The average Bonchev–Trinajstić information content (AvgIpc) is 2.23. The summed E-state index contributed by atoms with van der Waals surface area (Å²) >= 11 is -0.346. The topological polar surface area (TPSA) is 0 Å². The minimum absolute atomic E-state index is 0.346. The molecule has 0 aromatic rings. The molecule has 0 saturated heterocycles. The summed E-state index contributed by atoms with van der Waals surface area (Å²) in [5.74, 6) is 0. The van der Waals surface area contributed by atoms with E-state index in [0.717, 1.165) is 25.7 Å². The van der Waals surface area contributed by atoms with Gasteiger partial charge in [0.25, 0.3) is 0 Å². The van der Waals surface area contributed by atoms with Crippen LogP contribution in [0.2, 0.25) is 0 Å². The maximum atomic E-state index is 4.85. The molecule has 15 heavy (non-hydrogen) atoms. The van der Waals surface area contributed by atoms with Gasteiger partial charge in [-0.25, -0.2) is 38.2 Å². The van der Waals surface area contributed by atoms with Crippen molar-refractivity contribution in [1.29, 1.82) is 0 Å². The molecule has 0 fully saturated rings. The van der Waals surface area contributed by atoms with Crippen molar-refractivity contribution in [2.75, 3.05) is 0 Å². The van der Waals surface area contributed by atoms with Gasteiger partial charge in [0, 0.05) is 0 Å². The number of halogens is 2. The third kappa shape index (κ3) is 25.0. The molecule has 0 atom stereocenters. The van der Waals surface area contributed by atoms with Crippen molar-refractivity contribution in [1.82, 2.24) is 0 Å². The number of allylic oxidation sites excluding steroid dienone is 4. The Labute approximate surface area is 110 Å². The van der Waals surface area contributed by atoms with Crippen LogP contribution in [0.25, 0.3) is 0 Å². The number of hydrogen-bond acceptors (Lipinski definition) is 0. The zero-order valence-electron chi connectivity index (χ0n) is 8.82. The normalized spacial score (nSPS) is 8.93. The molecule has 0 heterocycles.